The zero-order valence-electron chi connectivity index (χ0n) is 8.49. The molecule has 7 nitrogen and oxygen atoms in total. The van der Waals surface area contributed by atoms with Gasteiger partial charge in [0.25, 0.3) is 5.52 Å². The van der Waals surface area contributed by atoms with Crippen LogP contribution < -0.4 is 15.3 Å². The van der Waals surface area contributed by atoms with Crippen molar-refractivity contribution in [1.82, 2.24) is 5.10 Å². The molecule has 1 unspecified atom stereocenters. The van der Waals surface area contributed by atoms with Crippen molar-refractivity contribution in [3.05, 3.63) is 34.2 Å². The molecule has 2 aromatic rings. The number of aliphatic hydroxyl groups is 1. The Hall–Kier alpha value is -2.15. The number of nitrogens with two attached hydrogens (primary N) is 1. The number of anilines is 1. The number of aromatic nitrogens is 3. The Kier molecular flexibility index (Phi) is 2.24. The van der Waals surface area contributed by atoms with Crippen molar-refractivity contribution in [2.45, 2.75) is 13.0 Å². The quantitative estimate of drug-likeness (QED) is 0.481. The highest BCUT2D eigenvalue weighted by molar-refractivity contribution is 5.72. The first-order valence-electron chi connectivity index (χ1n) is 4.62. The van der Waals surface area contributed by atoms with Gasteiger partial charge in [0, 0.05) is 16.5 Å². The van der Waals surface area contributed by atoms with E-state index in [2.05, 4.69) is 5.10 Å². The lowest BCUT2D eigenvalue weighted by atomic mass is 10.1. The maximum absolute atomic E-state index is 11.7. The summed E-state index contributed by atoms with van der Waals surface area (Å²) in [6.45, 7) is 1.50. The topological polar surface area (TPSA) is 113 Å². The lowest BCUT2D eigenvalue weighted by molar-refractivity contribution is -0.672. The summed E-state index contributed by atoms with van der Waals surface area (Å²) in [5.41, 5.74) is 5.75. The fraction of sp³-hybridized carbons (Fsp3) is 0.222. The van der Waals surface area contributed by atoms with Gasteiger partial charge in [0.05, 0.1) is 6.10 Å². The predicted octanol–water partition coefficient (Wildman–Crippen LogP) is -0.863. The number of benzene rings is 1. The molecule has 7 heteroatoms. The van der Waals surface area contributed by atoms with E-state index in [1.54, 1.807) is 12.1 Å². The molecule has 0 aliphatic carbocycles. The Morgan fingerprint density at radius 1 is 1.44 bits per heavy atom. The van der Waals surface area contributed by atoms with Crippen molar-refractivity contribution >= 4 is 17.0 Å². The summed E-state index contributed by atoms with van der Waals surface area (Å²) in [4.78, 5) is 0.269. The fourth-order valence-electron chi connectivity index (χ4n) is 1.56. The first-order chi connectivity index (χ1) is 7.52. The largest absolute Gasteiger partial charge is 0.739 e. The van der Waals surface area contributed by atoms with Crippen LogP contribution >= 0.6 is 0 Å². The molecule has 1 atom stereocenters. The SMILES string of the molecule is CC(O)c1cccc2c1[n+]([O-])c(N)n[n+]2[O-]. The van der Waals surface area contributed by atoms with Gasteiger partial charge in [-0.25, -0.2) is 4.73 Å². The Morgan fingerprint density at radius 3 is 2.75 bits per heavy atom. The summed E-state index contributed by atoms with van der Waals surface area (Å²) in [6, 6.07) is 4.56. The van der Waals surface area contributed by atoms with Crippen LogP contribution in [0.5, 0.6) is 0 Å². The van der Waals surface area contributed by atoms with Crippen LogP contribution in [0.4, 0.5) is 5.95 Å². The molecular formula is C9H10N4O3. The van der Waals surface area contributed by atoms with Crippen molar-refractivity contribution in [3.63, 3.8) is 0 Å². The number of para-hydroxylation sites is 1. The Morgan fingerprint density at radius 2 is 2.12 bits per heavy atom. The molecule has 0 spiro atoms. The summed E-state index contributed by atoms with van der Waals surface area (Å²) >= 11 is 0. The van der Waals surface area contributed by atoms with E-state index < -0.39 is 12.1 Å². The molecule has 0 radical (unpaired) electrons. The summed E-state index contributed by atoms with van der Waals surface area (Å²) in [5, 5.41) is 35.9. The van der Waals surface area contributed by atoms with Crippen LogP contribution in [0.25, 0.3) is 11.0 Å². The highest BCUT2D eigenvalue weighted by Gasteiger charge is 2.21. The van der Waals surface area contributed by atoms with Gasteiger partial charge in [0.1, 0.15) is 0 Å². The molecule has 2 rings (SSSR count). The normalized spacial score (nSPS) is 12.9. The molecule has 0 aliphatic heterocycles. The van der Waals surface area contributed by atoms with Crippen LogP contribution in [0.15, 0.2) is 18.2 Å². The van der Waals surface area contributed by atoms with Crippen LogP contribution in [0.3, 0.4) is 0 Å². The predicted molar refractivity (Wildman–Crippen MR) is 54.7 cm³/mol. The molecule has 0 aliphatic rings. The molecule has 1 aromatic carbocycles. The smallest absolute Gasteiger partial charge is 0.458 e. The molecule has 84 valence electrons. The van der Waals surface area contributed by atoms with E-state index in [-0.39, 0.29) is 15.9 Å². The van der Waals surface area contributed by atoms with E-state index in [0.29, 0.717) is 10.3 Å². The monoisotopic (exact) mass is 222 g/mol. The number of hydrogen-bond donors (Lipinski definition) is 2. The average Bonchev–Trinajstić information content (AvgIpc) is 2.25. The van der Waals surface area contributed by atoms with E-state index in [4.69, 9.17) is 5.73 Å². The summed E-state index contributed by atoms with van der Waals surface area (Å²) in [7, 11) is 0. The highest BCUT2D eigenvalue weighted by atomic mass is 16.5. The van der Waals surface area contributed by atoms with E-state index >= 15 is 0 Å². The van der Waals surface area contributed by atoms with Crippen molar-refractivity contribution in [2.75, 3.05) is 5.73 Å². The van der Waals surface area contributed by atoms with E-state index in [0.717, 1.165) is 0 Å². The third-order valence-electron chi connectivity index (χ3n) is 2.31. The van der Waals surface area contributed by atoms with Gasteiger partial charge >= 0.3 is 5.95 Å². The molecule has 0 saturated carbocycles. The van der Waals surface area contributed by atoms with Crippen molar-refractivity contribution < 1.29 is 14.7 Å². The van der Waals surface area contributed by atoms with Gasteiger partial charge in [-0.3, -0.25) is 5.73 Å². The van der Waals surface area contributed by atoms with Crippen LogP contribution in [0.1, 0.15) is 18.6 Å². The fourth-order valence-corrected chi connectivity index (χ4v) is 1.56. The molecule has 1 heterocycles. The van der Waals surface area contributed by atoms with E-state index in [1.165, 1.54) is 13.0 Å². The van der Waals surface area contributed by atoms with Gasteiger partial charge in [-0.05, 0) is 6.92 Å². The van der Waals surface area contributed by atoms with Crippen LogP contribution in [-0.2, 0) is 0 Å². The van der Waals surface area contributed by atoms with Crippen molar-refractivity contribution in [1.29, 1.82) is 0 Å². The second-order valence-corrected chi connectivity index (χ2v) is 3.42. The lowest BCUT2D eigenvalue weighted by Crippen LogP contribution is -2.44. The Labute approximate surface area is 90.5 Å². The summed E-state index contributed by atoms with van der Waals surface area (Å²) in [5.74, 6) is -0.449. The second kappa shape index (κ2) is 3.46. The molecule has 0 bridgehead atoms. The number of nitrogen functional groups attached to an aromatic ring is 1. The number of fused-ring (bicyclic) bond motifs is 1. The molecular weight excluding hydrogens is 212 g/mol. The average molecular weight is 222 g/mol. The zero-order valence-corrected chi connectivity index (χ0v) is 8.49. The highest BCUT2D eigenvalue weighted by Crippen LogP contribution is 2.19. The first kappa shape index (κ1) is 10.4. The lowest BCUT2D eigenvalue weighted by Gasteiger charge is -2.12. The summed E-state index contributed by atoms with van der Waals surface area (Å²) in [6.07, 6.45) is -0.870. The molecule has 0 saturated heterocycles. The van der Waals surface area contributed by atoms with Gasteiger partial charge in [0.15, 0.2) is 5.52 Å². The van der Waals surface area contributed by atoms with Crippen molar-refractivity contribution in [3.8, 4) is 0 Å². The second-order valence-electron chi connectivity index (χ2n) is 3.42. The number of nitrogens with zero attached hydrogens (tertiary/aromatic N) is 3. The summed E-state index contributed by atoms with van der Waals surface area (Å²) < 4.78 is 0.339. The number of aliphatic hydroxyl groups excluding tert-OH is 1. The minimum absolute atomic E-state index is 0.0417. The maximum atomic E-state index is 11.7. The first-order valence-corrected chi connectivity index (χ1v) is 4.62. The van der Waals surface area contributed by atoms with E-state index in [1.807, 2.05) is 0 Å². The minimum atomic E-state index is -0.870. The molecule has 1 aromatic heterocycles. The molecule has 16 heavy (non-hydrogen) atoms. The van der Waals surface area contributed by atoms with Gasteiger partial charge in [-0.1, -0.05) is 12.1 Å². The van der Waals surface area contributed by atoms with Crippen molar-refractivity contribution in [2.24, 2.45) is 0 Å². The Bertz CT molecular complexity index is 556. The molecule has 3 N–H and O–H groups in total. The molecule has 0 amide bonds. The van der Waals surface area contributed by atoms with Gasteiger partial charge in [0.2, 0.25) is 5.10 Å². The van der Waals surface area contributed by atoms with Gasteiger partial charge in [-0.2, -0.15) is 0 Å². The molecule has 0 fully saturated rings. The standard InChI is InChI=1S/C9H10N4O3/c1-5(14)6-3-2-4-7-8(6)12(15)9(10)11-13(7)16/h2-5,14H,1H3,(H2,10,11). The third kappa shape index (κ3) is 1.38. The minimum Gasteiger partial charge on any atom is -0.739 e. The Balaban J connectivity index is 2.95. The van der Waals surface area contributed by atoms with Crippen LogP contribution in [0, 0.1) is 10.4 Å². The van der Waals surface area contributed by atoms with Crippen LogP contribution in [-0.4, -0.2) is 10.2 Å². The maximum Gasteiger partial charge on any atom is 0.458 e. The zero-order chi connectivity index (χ0) is 11.9. The number of hydrogen-bond acceptors (Lipinski definition) is 5. The van der Waals surface area contributed by atoms with E-state index in [9.17, 15) is 15.5 Å². The van der Waals surface area contributed by atoms with Gasteiger partial charge in [-0.15, -0.1) is 0 Å². The van der Waals surface area contributed by atoms with Crippen LogP contribution in [0.2, 0.25) is 0 Å². The number of rotatable bonds is 1. The van der Waals surface area contributed by atoms with Gasteiger partial charge < -0.3 is 15.5 Å². The third-order valence-corrected chi connectivity index (χ3v) is 2.31.